The summed E-state index contributed by atoms with van der Waals surface area (Å²) >= 11 is 1.21. The van der Waals surface area contributed by atoms with Gasteiger partial charge in [-0.15, -0.1) is 0 Å². The molecule has 0 saturated heterocycles. The van der Waals surface area contributed by atoms with Crippen LogP contribution in [0.25, 0.3) is 11.0 Å². The van der Waals surface area contributed by atoms with Crippen molar-refractivity contribution in [1.82, 2.24) is 8.75 Å². The second-order valence-corrected chi connectivity index (χ2v) is 3.08. The van der Waals surface area contributed by atoms with Gasteiger partial charge in [0.2, 0.25) is 0 Å². The molecule has 0 atom stereocenters. The molecule has 5 heteroatoms. The van der Waals surface area contributed by atoms with Gasteiger partial charge in [-0.05, 0) is 12.1 Å². The van der Waals surface area contributed by atoms with Crippen molar-refractivity contribution in [2.75, 3.05) is 13.2 Å². The Bertz CT molecular complexity index is 401. The van der Waals surface area contributed by atoms with E-state index in [1.54, 1.807) is 0 Å². The lowest BCUT2D eigenvalue weighted by Gasteiger charge is -2.02. The van der Waals surface area contributed by atoms with E-state index in [2.05, 4.69) is 8.75 Å². The molecule has 1 aromatic heterocycles. The molecule has 1 heterocycles. The summed E-state index contributed by atoms with van der Waals surface area (Å²) in [5.41, 5.74) is 7.10. The van der Waals surface area contributed by atoms with E-state index in [9.17, 15) is 0 Å². The van der Waals surface area contributed by atoms with Crippen molar-refractivity contribution in [1.29, 1.82) is 0 Å². The van der Waals surface area contributed by atoms with Crippen LogP contribution in [-0.4, -0.2) is 21.9 Å². The summed E-state index contributed by atoms with van der Waals surface area (Å²) in [5.74, 6) is 0.797. The van der Waals surface area contributed by atoms with Gasteiger partial charge in [0.05, 0.1) is 11.7 Å². The van der Waals surface area contributed by atoms with Gasteiger partial charge in [-0.2, -0.15) is 8.75 Å². The van der Waals surface area contributed by atoms with Crippen molar-refractivity contribution in [3.05, 3.63) is 18.2 Å². The molecule has 0 amide bonds. The maximum absolute atomic E-state index is 5.34. The average molecular weight is 195 g/mol. The predicted octanol–water partition coefficient (Wildman–Crippen LogP) is 1.03. The minimum atomic E-state index is 0.521. The number of hydrogen-bond acceptors (Lipinski definition) is 5. The van der Waals surface area contributed by atoms with E-state index in [0.717, 1.165) is 16.8 Å². The Kier molecular flexibility index (Phi) is 2.37. The Balaban J connectivity index is 2.26. The zero-order chi connectivity index (χ0) is 9.10. The summed E-state index contributed by atoms with van der Waals surface area (Å²) in [6.45, 7) is 1.05. The quantitative estimate of drug-likeness (QED) is 0.794. The summed E-state index contributed by atoms with van der Waals surface area (Å²) in [6.07, 6.45) is 0. The van der Waals surface area contributed by atoms with E-state index in [4.69, 9.17) is 10.5 Å². The van der Waals surface area contributed by atoms with Gasteiger partial charge in [0.15, 0.2) is 0 Å². The molecule has 1 aromatic carbocycles. The lowest BCUT2D eigenvalue weighted by atomic mass is 10.3. The minimum Gasteiger partial charge on any atom is -0.492 e. The van der Waals surface area contributed by atoms with Gasteiger partial charge in [-0.1, -0.05) is 0 Å². The molecule has 0 aliphatic heterocycles. The van der Waals surface area contributed by atoms with Crippen LogP contribution in [0.2, 0.25) is 0 Å². The number of nitrogens with zero attached hydrogens (tertiary/aromatic N) is 2. The smallest absolute Gasteiger partial charge is 0.121 e. The molecule has 0 aliphatic carbocycles. The normalized spacial score (nSPS) is 10.5. The third kappa shape index (κ3) is 1.76. The molecular formula is C8H9N3OS. The first kappa shape index (κ1) is 8.40. The molecule has 2 N–H and O–H groups in total. The van der Waals surface area contributed by atoms with E-state index in [1.165, 1.54) is 11.7 Å². The summed E-state index contributed by atoms with van der Waals surface area (Å²) in [5, 5.41) is 0. The van der Waals surface area contributed by atoms with Crippen molar-refractivity contribution < 1.29 is 4.74 Å². The van der Waals surface area contributed by atoms with Crippen molar-refractivity contribution >= 4 is 22.8 Å². The zero-order valence-electron chi connectivity index (χ0n) is 6.93. The summed E-state index contributed by atoms with van der Waals surface area (Å²) in [4.78, 5) is 0. The van der Waals surface area contributed by atoms with Crippen molar-refractivity contribution in [2.24, 2.45) is 5.73 Å². The van der Waals surface area contributed by atoms with Crippen molar-refractivity contribution in [3.8, 4) is 5.75 Å². The monoisotopic (exact) mass is 195 g/mol. The van der Waals surface area contributed by atoms with Crippen LogP contribution in [0.3, 0.4) is 0 Å². The van der Waals surface area contributed by atoms with E-state index in [0.29, 0.717) is 13.2 Å². The highest BCUT2D eigenvalue weighted by atomic mass is 32.1. The number of rotatable bonds is 3. The zero-order valence-corrected chi connectivity index (χ0v) is 7.75. The lowest BCUT2D eigenvalue weighted by Crippen LogP contribution is -2.10. The van der Waals surface area contributed by atoms with Crippen LogP contribution in [0.4, 0.5) is 0 Å². The molecule has 0 fully saturated rings. The summed E-state index contributed by atoms with van der Waals surface area (Å²) in [7, 11) is 0. The highest BCUT2D eigenvalue weighted by Crippen LogP contribution is 2.18. The van der Waals surface area contributed by atoms with Crippen LogP contribution in [0.1, 0.15) is 0 Å². The standard InChI is InChI=1S/C8H9N3OS/c9-3-4-12-6-1-2-7-8(5-6)11-13-10-7/h1-2,5H,3-4,9H2. The topological polar surface area (TPSA) is 61.0 Å². The van der Waals surface area contributed by atoms with Gasteiger partial charge >= 0.3 is 0 Å². The molecule has 0 bridgehead atoms. The Hall–Kier alpha value is -1.20. The van der Waals surface area contributed by atoms with E-state index in [-0.39, 0.29) is 0 Å². The number of ether oxygens (including phenoxy) is 1. The lowest BCUT2D eigenvalue weighted by molar-refractivity contribution is 0.328. The number of hydrogen-bond donors (Lipinski definition) is 1. The fourth-order valence-corrected chi connectivity index (χ4v) is 1.55. The Morgan fingerprint density at radius 3 is 3.00 bits per heavy atom. The maximum Gasteiger partial charge on any atom is 0.121 e. The average Bonchev–Trinajstić information content (AvgIpc) is 2.61. The fraction of sp³-hybridized carbons (Fsp3) is 0.250. The number of nitrogens with two attached hydrogens (primary N) is 1. The van der Waals surface area contributed by atoms with Gasteiger partial charge in [0, 0.05) is 12.6 Å². The van der Waals surface area contributed by atoms with Crippen molar-refractivity contribution in [2.45, 2.75) is 0 Å². The SMILES string of the molecule is NCCOc1ccc2nsnc2c1. The van der Waals surface area contributed by atoms with Crippen LogP contribution >= 0.6 is 11.7 Å². The third-order valence-corrected chi connectivity index (χ3v) is 2.17. The Morgan fingerprint density at radius 1 is 1.31 bits per heavy atom. The largest absolute Gasteiger partial charge is 0.492 e. The van der Waals surface area contributed by atoms with Crippen LogP contribution in [0.5, 0.6) is 5.75 Å². The maximum atomic E-state index is 5.34. The van der Waals surface area contributed by atoms with Crippen LogP contribution < -0.4 is 10.5 Å². The first-order valence-electron chi connectivity index (χ1n) is 3.95. The molecule has 2 aromatic rings. The van der Waals surface area contributed by atoms with Crippen LogP contribution in [0, 0.1) is 0 Å². The second-order valence-electron chi connectivity index (χ2n) is 2.55. The number of fused-ring (bicyclic) bond motifs is 1. The summed E-state index contributed by atoms with van der Waals surface area (Å²) < 4.78 is 13.5. The predicted molar refractivity (Wildman–Crippen MR) is 52.0 cm³/mol. The minimum absolute atomic E-state index is 0.521. The van der Waals surface area contributed by atoms with Crippen molar-refractivity contribution in [3.63, 3.8) is 0 Å². The first-order chi connectivity index (χ1) is 6.40. The van der Waals surface area contributed by atoms with Gasteiger partial charge in [-0.3, -0.25) is 0 Å². The highest BCUT2D eigenvalue weighted by molar-refractivity contribution is 7.00. The second kappa shape index (κ2) is 3.68. The molecule has 13 heavy (non-hydrogen) atoms. The van der Waals surface area contributed by atoms with Crippen LogP contribution in [0.15, 0.2) is 18.2 Å². The highest BCUT2D eigenvalue weighted by Gasteiger charge is 1.99. The molecular weight excluding hydrogens is 186 g/mol. The molecule has 0 radical (unpaired) electrons. The number of aromatic nitrogens is 2. The van der Waals surface area contributed by atoms with E-state index in [1.807, 2.05) is 18.2 Å². The number of benzene rings is 1. The molecule has 68 valence electrons. The van der Waals surface area contributed by atoms with Gasteiger partial charge in [0.1, 0.15) is 23.4 Å². The third-order valence-electron chi connectivity index (χ3n) is 1.61. The first-order valence-corrected chi connectivity index (χ1v) is 4.68. The van der Waals surface area contributed by atoms with Gasteiger partial charge in [-0.25, -0.2) is 0 Å². The summed E-state index contributed by atoms with van der Waals surface area (Å²) in [6, 6.07) is 5.64. The Morgan fingerprint density at radius 2 is 2.15 bits per heavy atom. The van der Waals surface area contributed by atoms with Gasteiger partial charge < -0.3 is 10.5 Å². The van der Waals surface area contributed by atoms with E-state index < -0.39 is 0 Å². The van der Waals surface area contributed by atoms with Gasteiger partial charge in [0.25, 0.3) is 0 Å². The van der Waals surface area contributed by atoms with E-state index >= 15 is 0 Å². The molecule has 0 aliphatic rings. The molecule has 0 spiro atoms. The molecule has 0 unspecified atom stereocenters. The Labute approximate surface area is 79.7 Å². The fourth-order valence-electron chi connectivity index (χ4n) is 1.03. The molecule has 0 saturated carbocycles. The molecule has 2 rings (SSSR count). The molecule has 4 nitrogen and oxygen atoms in total. The van der Waals surface area contributed by atoms with Crippen LogP contribution in [-0.2, 0) is 0 Å².